The van der Waals surface area contributed by atoms with Crippen molar-refractivity contribution in [3.05, 3.63) is 35.7 Å². The van der Waals surface area contributed by atoms with Crippen LogP contribution in [-0.4, -0.2) is 33.5 Å². The van der Waals surface area contributed by atoms with Crippen LogP contribution in [0.2, 0.25) is 0 Å². The van der Waals surface area contributed by atoms with Gasteiger partial charge in [-0.2, -0.15) is 10.1 Å². The number of hydrogen-bond donors (Lipinski definition) is 0. The van der Waals surface area contributed by atoms with E-state index in [1.807, 2.05) is 38.1 Å². The fourth-order valence-corrected chi connectivity index (χ4v) is 3.82. The summed E-state index contributed by atoms with van der Waals surface area (Å²) in [6.07, 6.45) is 1.23. The Morgan fingerprint density at radius 3 is 2.30 bits per heavy atom. The second-order valence-corrected chi connectivity index (χ2v) is 6.87. The van der Waals surface area contributed by atoms with Gasteiger partial charge in [0.2, 0.25) is 11.8 Å². The molecule has 3 rings (SSSR count). The molecule has 0 spiro atoms. The largest absolute Gasteiger partial charge is 0.497 e. The zero-order valence-electron chi connectivity index (χ0n) is 15.9. The number of fused-ring (bicyclic) bond motifs is 1. The molecule has 1 aromatic carbocycles. The van der Waals surface area contributed by atoms with Gasteiger partial charge in [0.05, 0.1) is 7.11 Å². The van der Waals surface area contributed by atoms with Gasteiger partial charge in [-0.1, -0.05) is 20.8 Å². The molecule has 0 saturated carbocycles. The van der Waals surface area contributed by atoms with Crippen molar-refractivity contribution in [2.45, 2.75) is 45.1 Å². The molecule has 2 aromatic rings. The van der Waals surface area contributed by atoms with Gasteiger partial charge in [-0.05, 0) is 36.0 Å². The first-order valence-corrected chi connectivity index (χ1v) is 9.74. The summed E-state index contributed by atoms with van der Waals surface area (Å²) in [6, 6.07) is 7.44. The Kier molecular flexibility index (Phi) is 5.65. The van der Waals surface area contributed by atoms with E-state index in [0.29, 0.717) is 41.0 Å². The smallest absolute Gasteiger partial charge is 0.248 e. The summed E-state index contributed by atoms with van der Waals surface area (Å²) in [7, 11) is 1.61. The third-order valence-corrected chi connectivity index (χ3v) is 5.29. The van der Waals surface area contributed by atoms with Gasteiger partial charge in [0.1, 0.15) is 21.6 Å². The fraction of sp³-hybridized carbons (Fsp3) is 0.368. The molecule has 0 saturated heterocycles. The van der Waals surface area contributed by atoms with E-state index in [2.05, 4.69) is 10.1 Å². The highest BCUT2D eigenvalue weighted by Gasteiger charge is 2.32. The van der Waals surface area contributed by atoms with Gasteiger partial charge in [-0.3, -0.25) is 14.2 Å². The van der Waals surface area contributed by atoms with Crippen molar-refractivity contribution >= 4 is 34.4 Å². The summed E-state index contributed by atoms with van der Waals surface area (Å²) in [5, 5.41) is 7.13. The quantitative estimate of drug-likeness (QED) is 0.783. The van der Waals surface area contributed by atoms with Crippen LogP contribution in [0, 0.1) is 0 Å². The molecule has 1 aliphatic heterocycles. The van der Waals surface area contributed by atoms with E-state index in [1.54, 1.807) is 18.6 Å². The Labute approximate surface area is 162 Å². The van der Waals surface area contributed by atoms with Crippen molar-refractivity contribution in [2.24, 2.45) is 5.10 Å². The number of aromatic nitrogens is 2. The van der Waals surface area contributed by atoms with E-state index in [-0.39, 0.29) is 11.8 Å². The first-order valence-electron chi connectivity index (χ1n) is 8.92. The number of amides is 1. The summed E-state index contributed by atoms with van der Waals surface area (Å²) < 4.78 is 6.82. The van der Waals surface area contributed by atoms with E-state index in [9.17, 15) is 9.59 Å². The number of rotatable bonds is 5. The summed E-state index contributed by atoms with van der Waals surface area (Å²) in [5.41, 5.74) is 0.843. The average molecular weight is 386 g/mol. The summed E-state index contributed by atoms with van der Waals surface area (Å²) >= 11 is 1.36. The molecule has 0 aliphatic carbocycles. The van der Waals surface area contributed by atoms with Crippen LogP contribution < -0.4 is 9.75 Å². The topological polar surface area (TPSA) is 76.8 Å². The molecule has 0 N–H and O–H groups in total. The van der Waals surface area contributed by atoms with Crippen molar-refractivity contribution in [1.29, 1.82) is 0 Å². The number of hydrogen-bond acceptors (Lipinski definition) is 6. The highest BCUT2D eigenvalue weighted by atomic mass is 32.2. The Morgan fingerprint density at radius 1 is 1.07 bits per heavy atom. The predicted octanol–water partition coefficient (Wildman–Crippen LogP) is 3.71. The van der Waals surface area contributed by atoms with Gasteiger partial charge in [0, 0.05) is 24.8 Å². The van der Waals surface area contributed by atoms with Gasteiger partial charge in [0.25, 0.3) is 0 Å². The lowest BCUT2D eigenvalue weighted by Gasteiger charge is -2.22. The van der Waals surface area contributed by atoms with Gasteiger partial charge in [0.15, 0.2) is 5.82 Å². The summed E-state index contributed by atoms with van der Waals surface area (Å²) in [6.45, 7) is 5.53. The normalized spacial score (nSPS) is 13.2. The maximum Gasteiger partial charge on any atom is 0.248 e. The molecule has 7 nitrogen and oxygen atoms in total. The lowest BCUT2D eigenvalue weighted by atomic mass is 10.2. The number of benzene rings is 1. The molecule has 0 atom stereocenters. The monoisotopic (exact) mass is 386 g/mol. The van der Waals surface area contributed by atoms with E-state index in [0.717, 1.165) is 11.3 Å². The Balaban J connectivity index is 2.13. The molecule has 0 radical (unpaired) electrons. The van der Waals surface area contributed by atoms with Gasteiger partial charge < -0.3 is 4.74 Å². The number of hydrazone groups is 1. The highest BCUT2D eigenvalue weighted by molar-refractivity contribution is 8.14. The second kappa shape index (κ2) is 7.96. The minimum Gasteiger partial charge on any atom is -0.497 e. The zero-order chi connectivity index (χ0) is 19.6. The number of methoxy groups -OCH3 is 1. The van der Waals surface area contributed by atoms with Crippen molar-refractivity contribution in [3.8, 4) is 5.75 Å². The second-order valence-electron chi connectivity index (χ2n) is 5.89. The number of aryl methyl sites for hydroxylation is 1. The molecular formula is C19H22N4O3S. The van der Waals surface area contributed by atoms with Crippen molar-refractivity contribution in [3.63, 3.8) is 0 Å². The third-order valence-electron chi connectivity index (χ3n) is 4.22. The van der Waals surface area contributed by atoms with Crippen LogP contribution in [0.3, 0.4) is 0 Å². The minimum absolute atomic E-state index is 0.0482. The summed E-state index contributed by atoms with van der Waals surface area (Å²) in [5.74, 6) is 1.59. The van der Waals surface area contributed by atoms with Crippen molar-refractivity contribution < 1.29 is 14.3 Å². The Bertz CT molecular complexity index is 902. The van der Waals surface area contributed by atoms with E-state index >= 15 is 0 Å². The molecule has 2 heterocycles. The van der Waals surface area contributed by atoms with Crippen molar-refractivity contribution in [1.82, 2.24) is 9.55 Å². The molecule has 0 fully saturated rings. The molecule has 142 valence electrons. The maximum atomic E-state index is 12.5. The van der Waals surface area contributed by atoms with Gasteiger partial charge >= 0.3 is 0 Å². The molecule has 0 unspecified atom stereocenters. The average Bonchev–Trinajstić information content (AvgIpc) is 3.10. The van der Waals surface area contributed by atoms with Gasteiger partial charge in [-0.15, -0.1) is 0 Å². The zero-order valence-corrected chi connectivity index (χ0v) is 16.7. The minimum atomic E-state index is -0.168. The van der Waals surface area contributed by atoms with E-state index in [1.165, 1.54) is 16.8 Å². The van der Waals surface area contributed by atoms with Gasteiger partial charge in [-0.25, -0.2) is 4.98 Å². The third kappa shape index (κ3) is 3.49. The fourth-order valence-electron chi connectivity index (χ4n) is 2.74. The number of anilines is 1. The van der Waals surface area contributed by atoms with Crippen LogP contribution >= 0.6 is 11.8 Å². The Hall–Kier alpha value is -2.61. The highest BCUT2D eigenvalue weighted by Crippen LogP contribution is 2.39. The maximum absolute atomic E-state index is 12.5. The number of thioether (sulfide) groups is 1. The number of carbonyl (C=O) groups is 2. The predicted molar refractivity (Wildman–Crippen MR) is 106 cm³/mol. The standard InChI is InChI=1S/C19H22N4O3S/c1-5-14-20-17-19(22(14)15(24)6-2)27-18(21-23(17)16(25)7-3)12-8-10-13(26-4)11-9-12/h8-11H,5-7H2,1-4H3. The van der Waals surface area contributed by atoms with E-state index < -0.39 is 0 Å². The summed E-state index contributed by atoms with van der Waals surface area (Å²) in [4.78, 5) is 29.6. The number of ether oxygens (including phenoxy) is 1. The molecule has 1 aromatic heterocycles. The molecule has 1 aliphatic rings. The first kappa shape index (κ1) is 19.2. The first-order chi connectivity index (χ1) is 13.0. The lowest BCUT2D eigenvalue weighted by molar-refractivity contribution is -0.118. The molecule has 8 heteroatoms. The molecule has 27 heavy (non-hydrogen) atoms. The number of carbonyl (C=O) groups excluding carboxylic acids is 2. The molecular weight excluding hydrogens is 364 g/mol. The van der Waals surface area contributed by atoms with Crippen LogP contribution in [0.15, 0.2) is 34.4 Å². The van der Waals surface area contributed by atoms with Crippen LogP contribution in [0.25, 0.3) is 0 Å². The Morgan fingerprint density at radius 2 is 1.74 bits per heavy atom. The van der Waals surface area contributed by atoms with Crippen LogP contribution in [0.5, 0.6) is 5.75 Å². The van der Waals surface area contributed by atoms with Crippen LogP contribution in [-0.2, 0) is 11.2 Å². The molecule has 1 amide bonds. The number of imidazole rings is 1. The van der Waals surface area contributed by atoms with Crippen LogP contribution in [0.1, 0.15) is 49.8 Å². The molecule has 0 bridgehead atoms. The van der Waals surface area contributed by atoms with E-state index in [4.69, 9.17) is 4.74 Å². The van der Waals surface area contributed by atoms with Crippen molar-refractivity contribution in [2.75, 3.05) is 12.1 Å². The number of nitrogens with zero attached hydrogens (tertiary/aromatic N) is 4. The lowest BCUT2D eigenvalue weighted by Crippen LogP contribution is -2.29. The van der Waals surface area contributed by atoms with Crippen LogP contribution in [0.4, 0.5) is 5.82 Å². The SMILES string of the molecule is CCC(=O)N1N=C(c2ccc(OC)cc2)Sc2c1nc(CC)n2C(=O)CC.